The number of anilines is 1. The molecular formula is C15H23N3O3. The van der Waals surface area contributed by atoms with Crippen molar-refractivity contribution < 1.29 is 15.1 Å². The third-order valence-electron chi connectivity index (χ3n) is 3.85. The Kier molecular flexibility index (Phi) is 5.41. The first-order valence-electron chi connectivity index (χ1n) is 7.21. The van der Waals surface area contributed by atoms with Gasteiger partial charge in [0.1, 0.15) is 0 Å². The molecule has 1 saturated heterocycles. The van der Waals surface area contributed by atoms with Crippen LogP contribution in [0.25, 0.3) is 0 Å². The summed E-state index contributed by atoms with van der Waals surface area (Å²) in [5.74, 6) is 0.134. The zero-order valence-electron chi connectivity index (χ0n) is 12.3. The monoisotopic (exact) mass is 293 g/mol. The topological polar surface area (TPSA) is 91.3 Å². The van der Waals surface area contributed by atoms with E-state index in [0.717, 1.165) is 42.7 Å². The van der Waals surface area contributed by atoms with Crippen molar-refractivity contribution in [3.05, 3.63) is 29.3 Å². The predicted molar refractivity (Wildman–Crippen MR) is 82.0 cm³/mol. The quantitative estimate of drug-likeness (QED) is 0.327. The van der Waals surface area contributed by atoms with Crippen LogP contribution in [0.15, 0.2) is 23.4 Å². The maximum Gasteiger partial charge on any atom is 0.170 e. The van der Waals surface area contributed by atoms with Crippen molar-refractivity contribution >= 4 is 11.5 Å². The predicted octanol–water partition coefficient (Wildman–Crippen LogP) is 1.07. The summed E-state index contributed by atoms with van der Waals surface area (Å²) in [5.41, 5.74) is 8.52. The fraction of sp³-hybridized carbons (Fsp3) is 0.533. The molecule has 2 rings (SSSR count). The van der Waals surface area contributed by atoms with Crippen molar-refractivity contribution in [1.82, 2.24) is 0 Å². The Morgan fingerprint density at radius 2 is 2.14 bits per heavy atom. The summed E-state index contributed by atoms with van der Waals surface area (Å²) < 4.78 is 5.57. The average molecular weight is 293 g/mol. The van der Waals surface area contributed by atoms with Gasteiger partial charge in [0.15, 0.2) is 5.84 Å². The number of nitrogens with zero attached hydrogens (tertiary/aromatic N) is 2. The summed E-state index contributed by atoms with van der Waals surface area (Å²) in [5, 5.41) is 20.6. The molecule has 0 bridgehead atoms. The molecule has 1 aliphatic heterocycles. The third-order valence-corrected chi connectivity index (χ3v) is 3.85. The fourth-order valence-corrected chi connectivity index (χ4v) is 2.69. The van der Waals surface area contributed by atoms with Gasteiger partial charge in [-0.05, 0) is 43.5 Å². The van der Waals surface area contributed by atoms with E-state index in [2.05, 4.69) is 16.1 Å². The zero-order valence-corrected chi connectivity index (χ0v) is 12.3. The lowest BCUT2D eigenvalue weighted by molar-refractivity contribution is 0.0159. The fourth-order valence-electron chi connectivity index (χ4n) is 2.69. The van der Waals surface area contributed by atoms with Gasteiger partial charge >= 0.3 is 0 Å². The molecule has 0 amide bonds. The molecule has 6 nitrogen and oxygen atoms in total. The number of aryl methyl sites for hydroxylation is 1. The molecule has 1 aromatic carbocycles. The van der Waals surface area contributed by atoms with Gasteiger partial charge in [-0.25, -0.2) is 0 Å². The van der Waals surface area contributed by atoms with Gasteiger partial charge in [0.25, 0.3) is 0 Å². The largest absolute Gasteiger partial charge is 0.409 e. The van der Waals surface area contributed by atoms with Crippen LogP contribution in [-0.2, 0) is 4.74 Å². The summed E-state index contributed by atoms with van der Waals surface area (Å²) in [6.45, 7) is 4.30. The first-order chi connectivity index (χ1) is 10.2. The van der Waals surface area contributed by atoms with Crippen LogP contribution < -0.4 is 10.6 Å². The molecule has 0 spiro atoms. The molecule has 1 fully saturated rings. The molecule has 6 heteroatoms. The van der Waals surface area contributed by atoms with Crippen molar-refractivity contribution in [3.63, 3.8) is 0 Å². The highest BCUT2D eigenvalue weighted by Gasteiger charge is 2.20. The van der Waals surface area contributed by atoms with E-state index in [1.165, 1.54) is 0 Å². The van der Waals surface area contributed by atoms with Crippen molar-refractivity contribution in [2.24, 2.45) is 10.9 Å². The average Bonchev–Trinajstić information content (AvgIpc) is 2.52. The molecule has 0 radical (unpaired) electrons. The van der Waals surface area contributed by atoms with Crippen LogP contribution in [-0.4, -0.2) is 48.6 Å². The van der Waals surface area contributed by atoms with Gasteiger partial charge in [0.05, 0.1) is 19.3 Å². The smallest absolute Gasteiger partial charge is 0.170 e. The number of hydrogen-bond acceptors (Lipinski definition) is 5. The third kappa shape index (κ3) is 3.86. The second kappa shape index (κ2) is 7.28. The van der Waals surface area contributed by atoms with Crippen LogP contribution in [0.3, 0.4) is 0 Å². The van der Waals surface area contributed by atoms with Gasteiger partial charge in [0, 0.05) is 24.3 Å². The first kappa shape index (κ1) is 15.6. The molecule has 4 N–H and O–H groups in total. The Morgan fingerprint density at radius 1 is 1.43 bits per heavy atom. The Hall–Kier alpha value is -1.79. The summed E-state index contributed by atoms with van der Waals surface area (Å²) in [7, 11) is 0. The Balaban J connectivity index is 1.99. The van der Waals surface area contributed by atoms with Crippen LogP contribution in [0.1, 0.15) is 24.0 Å². The Bertz CT molecular complexity index is 497. The summed E-state index contributed by atoms with van der Waals surface area (Å²) in [6, 6.07) is 5.94. The number of aliphatic hydroxyl groups excluding tert-OH is 1. The highest BCUT2D eigenvalue weighted by atomic mass is 16.5. The number of aliphatic hydroxyl groups is 1. The number of ether oxygens (including phenoxy) is 1. The molecule has 0 unspecified atom stereocenters. The second-order valence-corrected chi connectivity index (χ2v) is 5.27. The van der Waals surface area contributed by atoms with E-state index >= 15 is 0 Å². The van der Waals surface area contributed by atoms with Gasteiger partial charge < -0.3 is 25.7 Å². The molecule has 1 heterocycles. The number of benzene rings is 1. The zero-order chi connectivity index (χ0) is 15.2. The molecule has 0 aliphatic carbocycles. The van der Waals surface area contributed by atoms with Gasteiger partial charge in [-0.2, -0.15) is 0 Å². The highest BCUT2D eigenvalue weighted by molar-refractivity contribution is 5.98. The Labute approximate surface area is 124 Å². The molecular weight excluding hydrogens is 270 g/mol. The normalized spacial score (nSPS) is 17.2. The Morgan fingerprint density at radius 3 is 2.71 bits per heavy atom. The van der Waals surface area contributed by atoms with E-state index in [1.807, 2.05) is 19.1 Å². The van der Waals surface area contributed by atoms with E-state index in [9.17, 15) is 0 Å². The van der Waals surface area contributed by atoms with Crippen molar-refractivity contribution in [3.8, 4) is 0 Å². The van der Waals surface area contributed by atoms with Gasteiger partial charge in [-0.15, -0.1) is 0 Å². The minimum absolute atomic E-state index is 0.0781. The minimum atomic E-state index is 0.0781. The second-order valence-electron chi connectivity index (χ2n) is 5.27. The standard InChI is InChI=1S/C15H23N3O3/c1-11-10-12(2-3-14(11)15(16)17-20)18-6-4-13(5-7-18)21-9-8-19/h2-3,10,13,19-20H,4-9H2,1H3,(H2,16,17). The van der Waals surface area contributed by atoms with Crippen LogP contribution in [0.4, 0.5) is 5.69 Å². The number of oxime groups is 1. The number of piperidine rings is 1. The van der Waals surface area contributed by atoms with Crippen molar-refractivity contribution in [2.45, 2.75) is 25.9 Å². The SMILES string of the molecule is Cc1cc(N2CCC(OCCO)CC2)ccc1/C(N)=N/O. The number of rotatable bonds is 5. The molecule has 0 aromatic heterocycles. The highest BCUT2D eigenvalue weighted by Crippen LogP contribution is 2.24. The van der Waals surface area contributed by atoms with Crippen LogP contribution >= 0.6 is 0 Å². The summed E-state index contributed by atoms with van der Waals surface area (Å²) in [4.78, 5) is 2.31. The maximum absolute atomic E-state index is 8.78. The first-order valence-corrected chi connectivity index (χ1v) is 7.21. The minimum Gasteiger partial charge on any atom is -0.409 e. The van der Waals surface area contributed by atoms with Crippen LogP contribution in [0, 0.1) is 6.92 Å². The van der Waals surface area contributed by atoms with E-state index in [0.29, 0.717) is 6.61 Å². The van der Waals surface area contributed by atoms with E-state index in [1.54, 1.807) is 0 Å². The molecule has 0 atom stereocenters. The summed E-state index contributed by atoms with van der Waals surface area (Å²) >= 11 is 0. The summed E-state index contributed by atoms with van der Waals surface area (Å²) in [6.07, 6.45) is 2.16. The molecule has 0 saturated carbocycles. The van der Waals surface area contributed by atoms with Crippen LogP contribution in [0.5, 0.6) is 0 Å². The molecule has 116 valence electrons. The lowest BCUT2D eigenvalue weighted by Gasteiger charge is -2.33. The van der Waals surface area contributed by atoms with Gasteiger partial charge in [-0.1, -0.05) is 5.16 Å². The van der Waals surface area contributed by atoms with Crippen LogP contribution in [0.2, 0.25) is 0 Å². The molecule has 1 aromatic rings. The number of amidine groups is 1. The maximum atomic E-state index is 8.78. The van der Waals surface area contributed by atoms with Crippen molar-refractivity contribution in [2.75, 3.05) is 31.2 Å². The lowest BCUT2D eigenvalue weighted by atomic mass is 10.0. The van der Waals surface area contributed by atoms with Gasteiger partial charge in [-0.3, -0.25) is 0 Å². The van der Waals surface area contributed by atoms with E-state index < -0.39 is 0 Å². The number of nitrogens with two attached hydrogens (primary N) is 1. The molecule has 21 heavy (non-hydrogen) atoms. The van der Waals surface area contributed by atoms with E-state index in [4.69, 9.17) is 20.8 Å². The number of hydrogen-bond donors (Lipinski definition) is 3. The van der Waals surface area contributed by atoms with Crippen molar-refractivity contribution in [1.29, 1.82) is 0 Å². The molecule has 1 aliphatic rings. The van der Waals surface area contributed by atoms with Gasteiger partial charge in [0.2, 0.25) is 0 Å². The lowest BCUT2D eigenvalue weighted by Crippen LogP contribution is -2.37. The van der Waals surface area contributed by atoms with E-state index in [-0.39, 0.29) is 18.5 Å².